The third kappa shape index (κ3) is 2.73. The Hall–Kier alpha value is -1.55. The molecule has 1 saturated carbocycles. The number of nitrogens with zero attached hydrogens (tertiary/aromatic N) is 1. The van der Waals surface area contributed by atoms with Gasteiger partial charge in [-0.3, -0.25) is 0 Å². The number of carboxylic acid groups (broad SMARTS) is 1. The zero-order valence-corrected chi connectivity index (χ0v) is 11.0. The molecule has 1 saturated heterocycles. The molecule has 0 aromatic heterocycles. The minimum Gasteiger partial charge on any atom is -0.465 e. The molecule has 0 radical (unpaired) electrons. The Bertz CT molecular complexity index is 435. The Morgan fingerprint density at radius 2 is 1.84 bits per heavy atom. The number of benzene rings is 1. The van der Waals surface area contributed by atoms with Crippen LogP contribution in [0.3, 0.4) is 0 Å². The zero-order valence-electron chi connectivity index (χ0n) is 11.0. The van der Waals surface area contributed by atoms with Crippen molar-refractivity contribution < 1.29 is 9.90 Å². The van der Waals surface area contributed by atoms with Gasteiger partial charge in [0.1, 0.15) is 0 Å². The van der Waals surface area contributed by atoms with Crippen LogP contribution in [0.15, 0.2) is 30.3 Å². The van der Waals surface area contributed by atoms with E-state index in [-0.39, 0.29) is 0 Å². The molecule has 1 amide bonds. The predicted molar refractivity (Wildman–Crippen MR) is 72.9 cm³/mol. The molecule has 19 heavy (non-hydrogen) atoms. The Morgan fingerprint density at radius 3 is 2.42 bits per heavy atom. The van der Waals surface area contributed by atoms with Gasteiger partial charge in [0, 0.05) is 25.7 Å². The van der Waals surface area contributed by atoms with Crippen molar-refractivity contribution >= 4 is 6.09 Å². The molecule has 1 aromatic carbocycles. The summed E-state index contributed by atoms with van der Waals surface area (Å²) in [4.78, 5) is 12.5. The molecule has 1 heterocycles. The van der Waals surface area contributed by atoms with Crippen LogP contribution in [0.4, 0.5) is 4.79 Å². The highest BCUT2D eigenvalue weighted by Gasteiger charge is 2.42. The first kappa shape index (κ1) is 12.5. The van der Waals surface area contributed by atoms with E-state index in [1.165, 1.54) is 5.56 Å². The van der Waals surface area contributed by atoms with Gasteiger partial charge in [-0.05, 0) is 30.2 Å². The van der Waals surface area contributed by atoms with Crippen LogP contribution < -0.4 is 5.32 Å². The monoisotopic (exact) mass is 260 g/mol. The highest BCUT2D eigenvalue weighted by molar-refractivity contribution is 5.65. The smallest absolute Gasteiger partial charge is 0.407 e. The maximum atomic E-state index is 10.9. The minimum atomic E-state index is -0.761. The molecule has 1 aliphatic carbocycles. The second-order valence-corrected chi connectivity index (χ2v) is 5.74. The van der Waals surface area contributed by atoms with Gasteiger partial charge in [-0.25, -0.2) is 4.79 Å². The minimum absolute atomic E-state index is 0.547. The van der Waals surface area contributed by atoms with E-state index in [4.69, 9.17) is 5.11 Å². The maximum absolute atomic E-state index is 10.9. The van der Waals surface area contributed by atoms with Crippen molar-refractivity contribution in [3.63, 3.8) is 0 Å². The number of fused-ring (bicyclic) bond motifs is 1. The molecule has 4 heteroatoms. The van der Waals surface area contributed by atoms with Gasteiger partial charge < -0.3 is 15.3 Å². The molecule has 1 unspecified atom stereocenters. The molecule has 2 aliphatic rings. The summed E-state index contributed by atoms with van der Waals surface area (Å²) in [6.45, 7) is 2.36. The highest BCUT2D eigenvalue weighted by Crippen LogP contribution is 2.38. The van der Waals surface area contributed by atoms with Crippen molar-refractivity contribution in [2.45, 2.75) is 25.4 Å². The van der Waals surface area contributed by atoms with Gasteiger partial charge in [0.05, 0.1) is 0 Å². The van der Waals surface area contributed by atoms with Crippen molar-refractivity contribution in [2.75, 3.05) is 13.1 Å². The lowest BCUT2D eigenvalue weighted by molar-refractivity contribution is 0.151. The predicted octanol–water partition coefficient (Wildman–Crippen LogP) is 2.16. The molecule has 2 N–H and O–H groups in total. The van der Waals surface area contributed by atoms with Gasteiger partial charge >= 0.3 is 6.09 Å². The van der Waals surface area contributed by atoms with E-state index >= 15 is 0 Å². The van der Waals surface area contributed by atoms with Crippen LogP contribution in [0, 0.1) is 11.8 Å². The highest BCUT2D eigenvalue weighted by atomic mass is 16.4. The second-order valence-electron chi connectivity index (χ2n) is 5.74. The Labute approximate surface area is 113 Å². The van der Waals surface area contributed by atoms with E-state index in [9.17, 15) is 4.79 Å². The fourth-order valence-corrected chi connectivity index (χ4v) is 3.48. The lowest BCUT2D eigenvalue weighted by atomic mass is 10.0. The molecule has 1 aliphatic heterocycles. The lowest BCUT2D eigenvalue weighted by Crippen LogP contribution is -2.31. The van der Waals surface area contributed by atoms with Crippen LogP contribution >= 0.6 is 0 Å². The summed E-state index contributed by atoms with van der Waals surface area (Å²) in [7, 11) is 0. The number of hydrogen-bond donors (Lipinski definition) is 2. The SMILES string of the molecule is O=C(O)N1C[C@H]2CC(NCc3ccccc3)C[C@H]2C1. The van der Waals surface area contributed by atoms with Crippen LogP contribution in [-0.4, -0.2) is 35.2 Å². The van der Waals surface area contributed by atoms with Crippen LogP contribution in [0.2, 0.25) is 0 Å². The molecule has 3 atom stereocenters. The maximum Gasteiger partial charge on any atom is 0.407 e. The summed E-state index contributed by atoms with van der Waals surface area (Å²) in [6.07, 6.45) is 1.46. The van der Waals surface area contributed by atoms with E-state index in [0.717, 1.165) is 32.5 Å². The molecule has 3 rings (SSSR count). The standard InChI is InChI=1S/C15H20N2O2/c18-15(19)17-9-12-6-14(7-13(12)10-17)16-8-11-4-2-1-3-5-11/h1-5,12-14,16H,6-10H2,(H,18,19)/t12-,13+,14?. The first-order valence-electron chi connectivity index (χ1n) is 6.97. The molecule has 1 aromatic rings. The molecule has 4 nitrogen and oxygen atoms in total. The van der Waals surface area contributed by atoms with Crippen LogP contribution in [0.1, 0.15) is 18.4 Å². The largest absolute Gasteiger partial charge is 0.465 e. The van der Waals surface area contributed by atoms with Crippen molar-refractivity contribution in [3.05, 3.63) is 35.9 Å². The number of amides is 1. The first-order chi connectivity index (χ1) is 9.22. The normalized spacial score (nSPS) is 29.5. The molecule has 0 spiro atoms. The van der Waals surface area contributed by atoms with E-state index in [1.54, 1.807) is 4.90 Å². The Morgan fingerprint density at radius 1 is 1.21 bits per heavy atom. The average molecular weight is 260 g/mol. The summed E-state index contributed by atoms with van der Waals surface area (Å²) in [6, 6.07) is 11.0. The van der Waals surface area contributed by atoms with Gasteiger partial charge in [-0.1, -0.05) is 30.3 Å². The summed E-state index contributed by atoms with van der Waals surface area (Å²) in [5.74, 6) is 1.12. The van der Waals surface area contributed by atoms with Gasteiger partial charge in [0.2, 0.25) is 0 Å². The first-order valence-corrected chi connectivity index (χ1v) is 6.97. The summed E-state index contributed by atoms with van der Waals surface area (Å²) in [5, 5.41) is 12.6. The van der Waals surface area contributed by atoms with Crippen LogP contribution in [-0.2, 0) is 6.54 Å². The summed E-state index contributed by atoms with van der Waals surface area (Å²) >= 11 is 0. The molecular formula is C15H20N2O2. The second kappa shape index (κ2) is 5.21. The average Bonchev–Trinajstić information content (AvgIpc) is 2.95. The van der Waals surface area contributed by atoms with Crippen molar-refractivity contribution in [1.82, 2.24) is 10.2 Å². The van der Waals surface area contributed by atoms with Crippen LogP contribution in [0.5, 0.6) is 0 Å². The Balaban J connectivity index is 1.48. The lowest BCUT2D eigenvalue weighted by Gasteiger charge is -2.17. The number of nitrogens with one attached hydrogen (secondary N) is 1. The van der Waals surface area contributed by atoms with Crippen molar-refractivity contribution in [3.8, 4) is 0 Å². The third-order valence-electron chi connectivity index (χ3n) is 4.46. The van der Waals surface area contributed by atoms with E-state index < -0.39 is 6.09 Å². The summed E-state index contributed by atoms with van der Waals surface area (Å²) < 4.78 is 0. The fourth-order valence-electron chi connectivity index (χ4n) is 3.48. The zero-order chi connectivity index (χ0) is 13.2. The number of carbonyl (C=O) groups is 1. The number of likely N-dealkylation sites (tertiary alicyclic amines) is 1. The topological polar surface area (TPSA) is 52.6 Å². The fraction of sp³-hybridized carbons (Fsp3) is 0.533. The molecular weight excluding hydrogens is 240 g/mol. The van der Waals surface area contributed by atoms with E-state index in [2.05, 4.69) is 29.6 Å². The summed E-state index contributed by atoms with van der Waals surface area (Å²) in [5.41, 5.74) is 1.31. The molecule has 102 valence electrons. The van der Waals surface area contributed by atoms with Gasteiger partial charge in [0.25, 0.3) is 0 Å². The number of rotatable bonds is 3. The van der Waals surface area contributed by atoms with E-state index in [0.29, 0.717) is 17.9 Å². The van der Waals surface area contributed by atoms with E-state index in [1.807, 2.05) is 6.07 Å². The molecule has 0 bridgehead atoms. The quantitative estimate of drug-likeness (QED) is 0.875. The third-order valence-corrected chi connectivity index (χ3v) is 4.46. The van der Waals surface area contributed by atoms with Crippen LogP contribution in [0.25, 0.3) is 0 Å². The van der Waals surface area contributed by atoms with Crippen molar-refractivity contribution in [2.24, 2.45) is 11.8 Å². The van der Waals surface area contributed by atoms with Gasteiger partial charge in [-0.15, -0.1) is 0 Å². The van der Waals surface area contributed by atoms with Crippen molar-refractivity contribution in [1.29, 1.82) is 0 Å². The molecule has 2 fully saturated rings. The van der Waals surface area contributed by atoms with Gasteiger partial charge in [0.15, 0.2) is 0 Å². The van der Waals surface area contributed by atoms with Gasteiger partial charge in [-0.2, -0.15) is 0 Å². The Kier molecular flexibility index (Phi) is 3.42. The number of hydrogen-bond acceptors (Lipinski definition) is 2.